The number of rotatable bonds is 2. The molecule has 0 aliphatic rings. The predicted octanol–water partition coefficient (Wildman–Crippen LogP) is 2.25. The van der Waals surface area contributed by atoms with Crippen molar-refractivity contribution in [2.75, 3.05) is 19.0 Å². The molecule has 0 saturated heterocycles. The third kappa shape index (κ3) is 2.04. The van der Waals surface area contributed by atoms with Crippen LogP contribution >= 0.6 is 0 Å². The molecule has 1 aromatic carbocycles. The Bertz CT molecular complexity index is 301. The van der Waals surface area contributed by atoms with Crippen molar-refractivity contribution in [1.29, 1.82) is 0 Å². The van der Waals surface area contributed by atoms with E-state index in [4.69, 9.17) is 0 Å². The fourth-order valence-electron chi connectivity index (χ4n) is 1.40. The second-order valence-corrected chi connectivity index (χ2v) is 3.73. The van der Waals surface area contributed by atoms with Crippen LogP contribution in [0, 0.1) is 12.7 Å². The molecule has 1 rings (SSSR count). The van der Waals surface area contributed by atoms with E-state index in [1.807, 2.05) is 19.0 Å². The molecule has 0 aliphatic carbocycles. The summed E-state index contributed by atoms with van der Waals surface area (Å²) < 4.78 is 13.3. The summed E-state index contributed by atoms with van der Waals surface area (Å²) in [5, 5.41) is 9.48. The van der Waals surface area contributed by atoms with Crippen LogP contribution in [0.5, 0.6) is 0 Å². The molecule has 3 heteroatoms. The summed E-state index contributed by atoms with van der Waals surface area (Å²) in [5.41, 5.74) is 2.08. The number of halogens is 1. The lowest BCUT2D eigenvalue weighted by Gasteiger charge is -2.20. The Kier molecular flexibility index (Phi) is 3.11. The smallest absolute Gasteiger partial charge is 0.126 e. The topological polar surface area (TPSA) is 23.5 Å². The van der Waals surface area contributed by atoms with Gasteiger partial charge in [-0.15, -0.1) is 0 Å². The molecule has 1 atom stereocenters. The Labute approximate surface area is 84.0 Å². The first-order chi connectivity index (χ1) is 6.43. The molecule has 1 aromatic rings. The maximum absolute atomic E-state index is 13.3. The fourth-order valence-corrected chi connectivity index (χ4v) is 1.40. The van der Waals surface area contributed by atoms with Crippen LogP contribution in [0.4, 0.5) is 10.1 Å². The normalized spacial score (nSPS) is 12.7. The highest BCUT2D eigenvalue weighted by molar-refractivity contribution is 5.55. The van der Waals surface area contributed by atoms with Gasteiger partial charge in [0.15, 0.2) is 0 Å². The molecule has 0 amide bonds. The number of anilines is 1. The van der Waals surface area contributed by atoms with E-state index in [9.17, 15) is 9.50 Å². The zero-order valence-corrected chi connectivity index (χ0v) is 9.00. The second-order valence-electron chi connectivity index (χ2n) is 3.73. The van der Waals surface area contributed by atoms with Gasteiger partial charge in [0.05, 0.1) is 6.10 Å². The van der Waals surface area contributed by atoms with Gasteiger partial charge in [-0.2, -0.15) is 0 Å². The minimum atomic E-state index is -0.650. The summed E-state index contributed by atoms with van der Waals surface area (Å²) in [6.45, 7) is 3.35. The zero-order valence-electron chi connectivity index (χ0n) is 9.00. The van der Waals surface area contributed by atoms with E-state index in [1.165, 1.54) is 6.07 Å². The number of aryl methyl sites for hydroxylation is 1. The van der Waals surface area contributed by atoms with E-state index in [0.29, 0.717) is 11.1 Å². The highest BCUT2D eigenvalue weighted by atomic mass is 19.1. The molecule has 78 valence electrons. The van der Waals surface area contributed by atoms with Crippen molar-refractivity contribution in [2.24, 2.45) is 0 Å². The number of aliphatic hydroxyl groups excluding tert-OH is 1. The molecule has 14 heavy (non-hydrogen) atoms. The number of benzene rings is 1. The van der Waals surface area contributed by atoms with Crippen LogP contribution in [0.1, 0.15) is 24.2 Å². The van der Waals surface area contributed by atoms with Crippen LogP contribution < -0.4 is 4.90 Å². The Morgan fingerprint density at radius 3 is 2.36 bits per heavy atom. The lowest BCUT2D eigenvalue weighted by Crippen LogP contribution is -2.13. The standard InChI is InChI=1S/C11H16FNO/c1-7-5-11(13(3)4)9(8(2)14)6-10(7)12/h5-6,8,14H,1-4H3. The minimum absolute atomic E-state index is 0.272. The highest BCUT2D eigenvalue weighted by Gasteiger charge is 2.12. The molecule has 0 radical (unpaired) electrons. The van der Waals surface area contributed by atoms with Crippen molar-refractivity contribution in [1.82, 2.24) is 0 Å². The van der Waals surface area contributed by atoms with Gasteiger partial charge in [-0.25, -0.2) is 4.39 Å². The van der Waals surface area contributed by atoms with Gasteiger partial charge < -0.3 is 10.0 Å². The van der Waals surface area contributed by atoms with Crippen LogP contribution in [-0.4, -0.2) is 19.2 Å². The van der Waals surface area contributed by atoms with Crippen LogP contribution in [0.15, 0.2) is 12.1 Å². The molecule has 1 N–H and O–H groups in total. The molecular weight excluding hydrogens is 181 g/mol. The predicted molar refractivity (Wildman–Crippen MR) is 56.1 cm³/mol. The lowest BCUT2D eigenvalue weighted by molar-refractivity contribution is 0.199. The molecule has 0 spiro atoms. The van der Waals surface area contributed by atoms with Gasteiger partial charge in [-0.1, -0.05) is 0 Å². The van der Waals surface area contributed by atoms with Gasteiger partial charge in [-0.3, -0.25) is 0 Å². The molecule has 0 aromatic heterocycles. The van der Waals surface area contributed by atoms with Crippen LogP contribution in [-0.2, 0) is 0 Å². The maximum Gasteiger partial charge on any atom is 0.126 e. The molecular formula is C11H16FNO. The molecule has 0 aliphatic heterocycles. The van der Waals surface area contributed by atoms with E-state index < -0.39 is 6.10 Å². The summed E-state index contributed by atoms with van der Waals surface area (Å²) in [6.07, 6.45) is -0.650. The average molecular weight is 197 g/mol. The highest BCUT2D eigenvalue weighted by Crippen LogP contribution is 2.27. The lowest BCUT2D eigenvalue weighted by atomic mass is 10.0. The van der Waals surface area contributed by atoms with Gasteiger partial charge in [0, 0.05) is 25.3 Å². The zero-order chi connectivity index (χ0) is 10.9. The van der Waals surface area contributed by atoms with Crippen molar-refractivity contribution < 1.29 is 9.50 Å². The van der Waals surface area contributed by atoms with Crippen molar-refractivity contribution in [3.8, 4) is 0 Å². The molecule has 1 unspecified atom stereocenters. The molecule has 0 fully saturated rings. The maximum atomic E-state index is 13.3. The van der Waals surface area contributed by atoms with E-state index in [0.717, 1.165) is 5.69 Å². The SMILES string of the molecule is Cc1cc(N(C)C)c(C(C)O)cc1F. The van der Waals surface area contributed by atoms with Crippen molar-refractivity contribution in [3.05, 3.63) is 29.1 Å². The summed E-state index contributed by atoms with van der Waals surface area (Å²) in [4.78, 5) is 1.87. The monoisotopic (exact) mass is 197 g/mol. The van der Waals surface area contributed by atoms with E-state index in [2.05, 4.69) is 0 Å². The third-order valence-corrected chi connectivity index (χ3v) is 2.24. The summed E-state index contributed by atoms with van der Waals surface area (Å²) >= 11 is 0. The first kappa shape index (κ1) is 11.0. The number of nitrogens with zero attached hydrogens (tertiary/aromatic N) is 1. The first-order valence-electron chi connectivity index (χ1n) is 4.59. The van der Waals surface area contributed by atoms with E-state index in [1.54, 1.807) is 19.9 Å². The minimum Gasteiger partial charge on any atom is -0.389 e. The van der Waals surface area contributed by atoms with Crippen LogP contribution in [0.25, 0.3) is 0 Å². The first-order valence-corrected chi connectivity index (χ1v) is 4.59. The second kappa shape index (κ2) is 3.96. The van der Waals surface area contributed by atoms with Crippen molar-refractivity contribution in [2.45, 2.75) is 20.0 Å². The quantitative estimate of drug-likeness (QED) is 0.786. The molecule has 2 nitrogen and oxygen atoms in total. The number of aliphatic hydroxyl groups is 1. The Morgan fingerprint density at radius 1 is 1.36 bits per heavy atom. The van der Waals surface area contributed by atoms with Gasteiger partial charge in [0.2, 0.25) is 0 Å². The van der Waals surface area contributed by atoms with Crippen molar-refractivity contribution >= 4 is 5.69 Å². The van der Waals surface area contributed by atoms with Crippen molar-refractivity contribution in [3.63, 3.8) is 0 Å². The largest absolute Gasteiger partial charge is 0.389 e. The van der Waals surface area contributed by atoms with E-state index in [-0.39, 0.29) is 5.82 Å². The van der Waals surface area contributed by atoms with Crippen LogP contribution in [0.2, 0.25) is 0 Å². The third-order valence-electron chi connectivity index (χ3n) is 2.24. The summed E-state index contributed by atoms with van der Waals surface area (Å²) in [6, 6.07) is 3.15. The molecule has 0 saturated carbocycles. The van der Waals surface area contributed by atoms with Gasteiger partial charge in [0.25, 0.3) is 0 Å². The van der Waals surface area contributed by atoms with Gasteiger partial charge >= 0.3 is 0 Å². The van der Waals surface area contributed by atoms with Crippen LogP contribution in [0.3, 0.4) is 0 Å². The fraction of sp³-hybridized carbons (Fsp3) is 0.455. The number of hydrogen-bond donors (Lipinski definition) is 1. The van der Waals surface area contributed by atoms with Gasteiger partial charge in [0.1, 0.15) is 5.82 Å². The molecule has 0 heterocycles. The Morgan fingerprint density at radius 2 is 1.93 bits per heavy atom. The summed E-state index contributed by atoms with van der Waals surface area (Å²) in [5.74, 6) is -0.272. The van der Waals surface area contributed by atoms with Gasteiger partial charge in [-0.05, 0) is 31.5 Å². The van der Waals surface area contributed by atoms with E-state index >= 15 is 0 Å². The Hall–Kier alpha value is -1.09. The Balaban J connectivity index is 3.31. The average Bonchev–Trinajstić information content (AvgIpc) is 2.08. The molecule has 0 bridgehead atoms. The number of hydrogen-bond acceptors (Lipinski definition) is 2. The summed E-state index contributed by atoms with van der Waals surface area (Å²) in [7, 11) is 3.75.